The monoisotopic (exact) mass is 1830 g/mol. The number of H-pyrrole nitrogens is 2. The van der Waals surface area contributed by atoms with Crippen molar-refractivity contribution in [2.24, 2.45) is 63.8 Å². The molecule has 0 unspecified atom stereocenters. The quantitative estimate of drug-likeness (QED) is 0.0195. The summed E-state index contributed by atoms with van der Waals surface area (Å²) in [6.07, 6.45) is 10.6. The predicted octanol–water partition coefficient (Wildman–Crippen LogP) is 2.01. The number of hydrazine groups is 1. The third-order valence-electron chi connectivity index (χ3n) is 23.2. The second kappa shape index (κ2) is 57.7. The predicted molar refractivity (Wildman–Crippen MR) is 500 cm³/mol. The smallest absolute Gasteiger partial charge is 0.337 e. The second-order valence-corrected chi connectivity index (χ2v) is 35.5. The first-order valence-corrected chi connectivity index (χ1v) is 46.6. The van der Waals surface area contributed by atoms with Gasteiger partial charge in [-0.3, -0.25) is 67.8 Å². The number of rotatable bonds is 60. The summed E-state index contributed by atoms with van der Waals surface area (Å²) in [7, 11) is 0. The Balaban J connectivity index is 1.20. The molecule has 15 amide bonds. The maximum Gasteiger partial charge on any atom is 0.337 e. The van der Waals surface area contributed by atoms with Gasteiger partial charge >= 0.3 is 6.03 Å². The number of imidazole rings is 1. The van der Waals surface area contributed by atoms with E-state index >= 15 is 24.0 Å². The van der Waals surface area contributed by atoms with E-state index in [-0.39, 0.29) is 121 Å². The largest absolute Gasteiger partial charge is 0.368 e. The Bertz CT molecular complexity index is 4400. The van der Waals surface area contributed by atoms with Gasteiger partial charge in [-0.15, -0.1) is 0 Å². The zero-order chi connectivity index (χ0) is 96.1. The molecule has 28 N–H and O–H groups in total. The van der Waals surface area contributed by atoms with Crippen LogP contribution in [0.25, 0.3) is 10.9 Å². The number of primary amides is 1. The van der Waals surface area contributed by atoms with Crippen LogP contribution in [0.1, 0.15) is 213 Å². The van der Waals surface area contributed by atoms with Crippen molar-refractivity contribution in [3.05, 3.63) is 126 Å². The highest BCUT2D eigenvalue weighted by Crippen LogP contribution is 2.25. The number of carbonyl (C=O) groups excluding carboxylic acids is 14. The molecule has 3 aromatic carbocycles. The fourth-order valence-electron chi connectivity index (χ4n) is 15.7. The van der Waals surface area contributed by atoms with Crippen molar-refractivity contribution in [1.29, 1.82) is 0 Å². The number of benzene rings is 3. The first-order valence-electron chi connectivity index (χ1n) is 46.6. The molecule has 1 aliphatic rings. The molecule has 6 rings (SSSR count). The Labute approximate surface area is 769 Å². The van der Waals surface area contributed by atoms with Gasteiger partial charge in [-0.2, -0.15) is 0 Å². The van der Waals surface area contributed by atoms with Crippen LogP contribution in [-0.2, 0) is 88.1 Å². The number of nitrogens with one attached hydrogen (secondary N) is 14. The number of urea groups is 1. The standard InChI is InChI=1S/C93H148N24O14/c1-9-60(8)79(114-85(123)71(38-21-26-44-97)106-82(120)68(35-18-23-41-94)104-81(119)66(99)51-63-53-102-67-34-17-16-33-65(63)67)92(130)116-46-28-40-78(116)91(129)108-72(39-22-27-45-98)90(128)115-117(55-62-31-14-11-15-32-62)93(131)113-76(49-59(6)7)88(126)112-77(52-64-54-101-56-103-64)89(127)111-75(48-58(4)5)87(125)110-74(47-57(2)3)86(124)107-69(36-19-24-42-95)83(121)105-70(37-20-25-43-96)84(122)109-73(80(100)118)50-61-29-12-10-13-30-61/h10-17,29-34,53-54,56-60,66,68-79,102H,9,18-28,35-52,55,94-99H2,1-8H3,(H2,100,118)(H,101,103)(H,104,119)(H,105,121)(H,106,120)(H,107,124)(H,108,129)(H,109,122)(H,110,125)(H,111,127)(H,112,126)(H,113,131)(H,114,123)(H,115,128)/t60-,66-,68-,69-,70-,71-,72-,73-,74-,75-,76-,77-,78-,79-/m0/s1. The average Bonchev–Trinajstić information content (AvgIpc) is 1.71. The Morgan fingerprint density at radius 2 is 0.847 bits per heavy atom. The van der Waals surface area contributed by atoms with Crippen LogP contribution in [0, 0.1) is 23.7 Å². The van der Waals surface area contributed by atoms with E-state index < -0.39 is 167 Å². The number of carbonyl (C=O) groups is 14. The first-order chi connectivity index (χ1) is 62.7. The summed E-state index contributed by atoms with van der Waals surface area (Å²) in [4.78, 5) is 216. The second-order valence-electron chi connectivity index (χ2n) is 35.5. The minimum Gasteiger partial charge on any atom is -0.368 e. The lowest BCUT2D eigenvalue weighted by molar-refractivity contribution is -0.143. The lowest BCUT2D eigenvalue weighted by Gasteiger charge is -2.33. The van der Waals surface area contributed by atoms with Crippen molar-refractivity contribution in [1.82, 2.24) is 88.8 Å². The summed E-state index contributed by atoms with van der Waals surface area (Å²) in [6, 6.07) is 8.02. The lowest BCUT2D eigenvalue weighted by Crippen LogP contribution is -2.62. The van der Waals surface area contributed by atoms with Gasteiger partial charge in [-0.25, -0.2) is 14.8 Å². The van der Waals surface area contributed by atoms with E-state index in [1.54, 1.807) is 87.6 Å². The summed E-state index contributed by atoms with van der Waals surface area (Å²) in [5, 5.41) is 32.9. The van der Waals surface area contributed by atoms with Crippen molar-refractivity contribution in [3.8, 4) is 0 Å². The summed E-state index contributed by atoms with van der Waals surface area (Å²) in [6.45, 7) is 15.8. The summed E-state index contributed by atoms with van der Waals surface area (Å²) in [5.41, 5.74) is 47.8. The van der Waals surface area contributed by atoms with E-state index in [0.29, 0.717) is 108 Å². The number of hydrogen-bond acceptors (Lipinski definition) is 21. The number of aromatic nitrogens is 3. The van der Waals surface area contributed by atoms with Crippen LogP contribution in [0.4, 0.5) is 4.79 Å². The van der Waals surface area contributed by atoms with E-state index in [1.807, 2.05) is 58.9 Å². The summed E-state index contributed by atoms with van der Waals surface area (Å²) in [5.74, 6) is -10.7. The molecular weight excluding hydrogens is 1680 g/mol. The minimum absolute atomic E-state index is 0.0115. The summed E-state index contributed by atoms with van der Waals surface area (Å²) < 4.78 is 0. The highest BCUT2D eigenvalue weighted by atomic mass is 16.2. The van der Waals surface area contributed by atoms with Crippen molar-refractivity contribution < 1.29 is 67.1 Å². The van der Waals surface area contributed by atoms with Crippen LogP contribution in [0.5, 0.6) is 0 Å². The van der Waals surface area contributed by atoms with Gasteiger partial charge in [0.15, 0.2) is 0 Å². The van der Waals surface area contributed by atoms with Crippen molar-refractivity contribution >= 4 is 93.7 Å². The van der Waals surface area contributed by atoms with Crippen LogP contribution in [-0.4, -0.2) is 225 Å². The zero-order valence-corrected chi connectivity index (χ0v) is 77.6. The Morgan fingerprint density at radius 1 is 0.443 bits per heavy atom. The molecule has 1 fully saturated rings. The van der Waals surface area contributed by atoms with E-state index in [9.17, 15) is 43.2 Å². The molecule has 3 heterocycles. The average molecular weight is 1830 g/mol. The van der Waals surface area contributed by atoms with E-state index in [2.05, 4.69) is 78.9 Å². The number of aromatic amines is 2. The first kappa shape index (κ1) is 108. The number of nitrogens with two attached hydrogens (primary N) is 7. The number of likely N-dealkylation sites (tertiary alicyclic amines) is 1. The molecule has 38 nitrogen and oxygen atoms in total. The van der Waals surface area contributed by atoms with Crippen molar-refractivity contribution in [2.75, 3.05) is 39.3 Å². The molecule has 0 radical (unpaired) electrons. The molecule has 14 atom stereocenters. The van der Waals surface area contributed by atoms with Gasteiger partial charge in [0.2, 0.25) is 70.9 Å². The lowest BCUT2D eigenvalue weighted by atomic mass is 9.96. The van der Waals surface area contributed by atoms with Gasteiger partial charge < -0.3 is 113 Å². The van der Waals surface area contributed by atoms with Gasteiger partial charge in [0.05, 0.1) is 18.9 Å². The van der Waals surface area contributed by atoms with Gasteiger partial charge in [-0.1, -0.05) is 141 Å². The molecule has 1 saturated heterocycles. The number of nitrogens with zero attached hydrogens (tertiary/aromatic N) is 3. The van der Waals surface area contributed by atoms with Crippen LogP contribution in [0.15, 0.2) is 104 Å². The fraction of sp³-hybridized carbons (Fsp3) is 0.602. The van der Waals surface area contributed by atoms with Crippen LogP contribution in [0.2, 0.25) is 0 Å². The van der Waals surface area contributed by atoms with Crippen LogP contribution >= 0.6 is 0 Å². The third kappa shape index (κ3) is 37.0. The highest BCUT2D eigenvalue weighted by Gasteiger charge is 2.43. The zero-order valence-electron chi connectivity index (χ0n) is 77.6. The number of hydrogen-bond donors (Lipinski definition) is 21. The molecule has 0 bridgehead atoms. The van der Waals surface area contributed by atoms with E-state index in [1.165, 1.54) is 17.4 Å². The molecule has 2 aromatic heterocycles. The SMILES string of the molecule is CC[C@H](C)[C@H](NC(=O)[C@H](CCCCN)NC(=O)[C@H](CCCCN)NC(=O)[C@@H](N)Cc1c[nH]c2ccccc12)C(=O)N1CCC[C@H]1C(=O)N[C@@H](CCCCN)C(=O)NN(Cc1ccccc1)C(=O)N[C@@H](CC(C)C)C(=O)N[C@@H](Cc1cnc[nH]1)C(=O)N[C@@H](CC(C)C)C(=O)N[C@@H](CC(C)C)C(=O)N[C@@H](CCCCN)C(=O)N[C@@H](CCCCN)C(=O)N[C@@H](Cc1ccccc1)C(N)=O. The number of amides is 15. The molecule has 38 heteroatoms. The molecule has 0 spiro atoms. The molecule has 0 saturated carbocycles. The van der Waals surface area contributed by atoms with Crippen LogP contribution in [0.3, 0.4) is 0 Å². The molecule has 5 aromatic rings. The van der Waals surface area contributed by atoms with Gasteiger partial charge in [0, 0.05) is 48.4 Å². The fourth-order valence-corrected chi connectivity index (χ4v) is 15.7. The van der Waals surface area contributed by atoms with E-state index in [0.717, 1.165) is 27.0 Å². The van der Waals surface area contributed by atoms with Gasteiger partial charge in [0.25, 0.3) is 5.91 Å². The normalized spacial score (nSPS) is 15.6. The Kier molecular flexibility index (Phi) is 47.7. The molecule has 131 heavy (non-hydrogen) atoms. The van der Waals surface area contributed by atoms with Crippen molar-refractivity contribution in [2.45, 2.75) is 295 Å². The number of unbranched alkanes of at least 4 members (excludes halogenated alkanes) is 5. The molecule has 0 aliphatic carbocycles. The number of fused-ring (bicyclic) bond motifs is 1. The van der Waals surface area contributed by atoms with Gasteiger partial charge in [0.1, 0.15) is 72.5 Å². The summed E-state index contributed by atoms with van der Waals surface area (Å²) >= 11 is 0. The molecule has 724 valence electrons. The number of para-hydroxylation sites is 1. The maximum absolute atomic E-state index is 15.2. The minimum atomic E-state index is -1.47. The maximum atomic E-state index is 15.2. The Hall–Kier alpha value is -11.4. The highest BCUT2D eigenvalue weighted by molar-refractivity contribution is 6.00. The van der Waals surface area contributed by atoms with Crippen molar-refractivity contribution in [3.63, 3.8) is 0 Å². The molecule has 1 aliphatic heterocycles. The third-order valence-corrected chi connectivity index (χ3v) is 23.2. The topological polar surface area (TPSA) is 616 Å². The molecular formula is C93H148N24O14. The van der Waals surface area contributed by atoms with E-state index in [4.69, 9.17) is 40.1 Å². The van der Waals surface area contributed by atoms with Gasteiger partial charge in [-0.05, 0) is 214 Å². The van der Waals surface area contributed by atoms with Crippen LogP contribution < -0.4 is 104 Å². The Morgan fingerprint density at radius 3 is 1.30 bits per heavy atom.